The van der Waals surface area contributed by atoms with Crippen LogP contribution in [0.5, 0.6) is 0 Å². The Labute approximate surface area is 160 Å². The van der Waals surface area contributed by atoms with E-state index in [0.717, 1.165) is 48.8 Å². The van der Waals surface area contributed by atoms with Gasteiger partial charge in [0.25, 0.3) is 0 Å². The molecule has 0 unspecified atom stereocenters. The summed E-state index contributed by atoms with van der Waals surface area (Å²) in [7, 11) is 0. The molecule has 0 aromatic carbocycles. The number of aryl methyl sites for hydroxylation is 1. The second-order valence-corrected chi connectivity index (χ2v) is 7.74. The molecule has 1 amide bonds. The summed E-state index contributed by atoms with van der Waals surface area (Å²) in [6.45, 7) is 7.00. The fourth-order valence-corrected chi connectivity index (χ4v) is 4.04. The molecule has 2 aromatic heterocycles. The Bertz CT molecular complexity index is 811. The van der Waals surface area contributed by atoms with Crippen molar-refractivity contribution < 1.29 is 4.79 Å². The first-order valence-electron chi connectivity index (χ1n) is 9.96. The molecule has 2 aromatic rings. The van der Waals surface area contributed by atoms with Crippen LogP contribution in [0.2, 0.25) is 0 Å². The van der Waals surface area contributed by atoms with Gasteiger partial charge in [-0.15, -0.1) is 0 Å². The van der Waals surface area contributed by atoms with Crippen molar-refractivity contribution in [3.8, 4) is 0 Å². The van der Waals surface area contributed by atoms with E-state index in [2.05, 4.69) is 15.3 Å². The van der Waals surface area contributed by atoms with Gasteiger partial charge in [-0.1, -0.05) is 13.3 Å². The van der Waals surface area contributed by atoms with Crippen LogP contribution in [0, 0.1) is 12.8 Å². The second kappa shape index (κ2) is 7.76. The van der Waals surface area contributed by atoms with Crippen molar-refractivity contribution in [2.75, 3.05) is 13.1 Å². The van der Waals surface area contributed by atoms with Gasteiger partial charge in [0.15, 0.2) is 0 Å². The second-order valence-electron chi connectivity index (χ2n) is 7.74. The number of amides is 1. The molecule has 0 saturated carbocycles. The average Bonchev–Trinajstić information content (AvgIpc) is 3.11. The average molecular weight is 368 g/mol. The number of fused-ring (bicyclic) bond motifs is 1. The van der Waals surface area contributed by atoms with Crippen molar-refractivity contribution >= 4 is 5.91 Å². The highest BCUT2D eigenvalue weighted by molar-refractivity contribution is 5.78. The lowest BCUT2D eigenvalue weighted by atomic mass is 10.0. The van der Waals surface area contributed by atoms with E-state index in [0.29, 0.717) is 13.1 Å². The Morgan fingerprint density at radius 3 is 3.00 bits per heavy atom. The molecule has 2 aliphatic rings. The van der Waals surface area contributed by atoms with Crippen LogP contribution in [0.25, 0.3) is 0 Å². The highest BCUT2D eigenvalue weighted by atomic mass is 16.2. The van der Waals surface area contributed by atoms with Crippen molar-refractivity contribution in [2.24, 2.45) is 5.92 Å². The van der Waals surface area contributed by atoms with E-state index in [4.69, 9.17) is 4.98 Å². The van der Waals surface area contributed by atoms with Crippen LogP contribution in [-0.4, -0.2) is 43.4 Å². The smallest absolute Gasteiger partial charge is 0.227 e. The van der Waals surface area contributed by atoms with Gasteiger partial charge in [0, 0.05) is 50.2 Å². The topological polar surface area (TPSA) is 75.9 Å². The molecule has 2 aliphatic heterocycles. The van der Waals surface area contributed by atoms with Crippen LogP contribution in [-0.2, 0) is 24.3 Å². The van der Waals surface area contributed by atoms with Gasteiger partial charge in [-0.3, -0.25) is 4.79 Å². The number of nitrogens with one attached hydrogen (secondary N) is 1. The number of imidazole rings is 1. The lowest BCUT2D eigenvalue weighted by molar-refractivity contribution is -0.136. The molecule has 0 radical (unpaired) electrons. The van der Waals surface area contributed by atoms with Crippen molar-refractivity contribution in [3.05, 3.63) is 41.5 Å². The molecule has 4 heterocycles. The lowest BCUT2D eigenvalue weighted by Gasteiger charge is -2.31. The minimum absolute atomic E-state index is 0.0777. The van der Waals surface area contributed by atoms with Gasteiger partial charge in [-0.2, -0.15) is 0 Å². The molecule has 144 valence electrons. The monoisotopic (exact) mass is 368 g/mol. The molecule has 0 bridgehead atoms. The normalized spacial score (nSPS) is 21.0. The van der Waals surface area contributed by atoms with Crippen LogP contribution in [0.1, 0.15) is 55.1 Å². The summed E-state index contributed by atoms with van der Waals surface area (Å²) in [6.07, 6.45) is 10.0. The van der Waals surface area contributed by atoms with Gasteiger partial charge in [0.05, 0.1) is 17.7 Å². The maximum Gasteiger partial charge on any atom is 0.227 e. The SMILES string of the molecule is Cc1nccn1C[C@@H](C)C(=O)N1CCc2nc([C@H]3CCCCN3)ncc2C1. The molecule has 27 heavy (non-hydrogen) atoms. The molecule has 4 rings (SSSR count). The summed E-state index contributed by atoms with van der Waals surface area (Å²) in [5.74, 6) is 1.96. The van der Waals surface area contributed by atoms with Gasteiger partial charge in [0.2, 0.25) is 5.91 Å². The Balaban J connectivity index is 1.41. The van der Waals surface area contributed by atoms with E-state index in [1.807, 2.05) is 35.7 Å². The number of carbonyl (C=O) groups excluding carboxylic acids is 1. The predicted octanol–water partition coefficient (Wildman–Crippen LogP) is 2.02. The number of hydrogen-bond acceptors (Lipinski definition) is 5. The van der Waals surface area contributed by atoms with Crippen LogP contribution in [0.3, 0.4) is 0 Å². The fourth-order valence-electron chi connectivity index (χ4n) is 4.04. The minimum atomic E-state index is -0.0777. The largest absolute Gasteiger partial charge is 0.338 e. The molecule has 1 N–H and O–H groups in total. The molecular formula is C20H28N6O. The summed E-state index contributed by atoms with van der Waals surface area (Å²) in [4.78, 5) is 28.5. The Morgan fingerprint density at radius 1 is 1.37 bits per heavy atom. The minimum Gasteiger partial charge on any atom is -0.338 e. The highest BCUT2D eigenvalue weighted by Crippen LogP contribution is 2.24. The molecular weight excluding hydrogens is 340 g/mol. The number of piperidine rings is 1. The number of carbonyl (C=O) groups is 1. The van der Waals surface area contributed by atoms with E-state index in [1.54, 1.807) is 6.20 Å². The number of rotatable bonds is 4. The first kappa shape index (κ1) is 18.1. The van der Waals surface area contributed by atoms with Crippen LogP contribution in [0.4, 0.5) is 0 Å². The van der Waals surface area contributed by atoms with E-state index < -0.39 is 0 Å². The zero-order chi connectivity index (χ0) is 18.8. The molecule has 1 saturated heterocycles. The first-order chi connectivity index (χ1) is 13.1. The third-order valence-electron chi connectivity index (χ3n) is 5.70. The Hall–Kier alpha value is -2.28. The number of aromatic nitrogens is 4. The standard InChI is InChI=1S/C20H28N6O/c1-14(12-25-10-8-21-15(25)2)20(27)26-9-6-17-16(13-26)11-23-19(24-17)18-5-3-4-7-22-18/h8,10-11,14,18,22H,3-7,9,12-13H2,1-2H3/t14-,18-/m1/s1. The summed E-state index contributed by atoms with van der Waals surface area (Å²) in [6, 6.07) is 0.280. The number of nitrogens with zero attached hydrogens (tertiary/aromatic N) is 5. The summed E-state index contributed by atoms with van der Waals surface area (Å²) in [5.41, 5.74) is 2.19. The van der Waals surface area contributed by atoms with Crippen molar-refractivity contribution in [3.63, 3.8) is 0 Å². The zero-order valence-electron chi connectivity index (χ0n) is 16.2. The van der Waals surface area contributed by atoms with Gasteiger partial charge in [0.1, 0.15) is 11.6 Å². The van der Waals surface area contributed by atoms with E-state index in [1.165, 1.54) is 12.8 Å². The Kier molecular flexibility index (Phi) is 5.20. The maximum atomic E-state index is 12.9. The zero-order valence-corrected chi connectivity index (χ0v) is 16.2. The summed E-state index contributed by atoms with van der Waals surface area (Å²) >= 11 is 0. The molecule has 2 atom stereocenters. The molecule has 0 aliphatic carbocycles. The summed E-state index contributed by atoms with van der Waals surface area (Å²) in [5, 5.41) is 3.51. The molecule has 7 heteroatoms. The van der Waals surface area contributed by atoms with Gasteiger partial charge >= 0.3 is 0 Å². The summed E-state index contributed by atoms with van der Waals surface area (Å²) < 4.78 is 2.03. The molecule has 7 nitrogen and oxygen atoms in total. The number of hydrogen-bond donors (Lipinski definition) is 1. The molecule has 0 spiro atoms. The van der Waals surface area contributed by atoms with Crippen molar-refractivity contribution in [1.29, 1.82) is 0 Å². The fraction of sp³-hybridized carbons (Fsp3) is 0.600. The quantitative estimate of drug-likeness (QED) is 0.893. The first-order valence-corrected chi connectivity index (χ1v) is 9.96. The van der Waals surface area contributed by atoms with Crippen LogP contribution in [0.15, 0.2) is 18.6 Å². The van der Waals surface area contributed by atoms with Crippen molar-refractivity contribution in [2.45, 2.75) is 58.7 Å². The third kappa shape index (κ3) is 3.88. The van der Waals surface area contributed by atoms with Gasteiger partial charge < -0.3 is 14.8 Å². The van der Waals surface area contributed by atoms with E-state index in [9.17, 15) is 4.79 Å². The van der Waals surface area contributed by atoms with Gasteiger partial charge in [-0.25, -0.2) is 15.0 Å². The highest BCUT2D eigenvalue weighted by Gasteiger charge is 2.27. The van der Waals surface area contributed by atoms with E-state index >= 15 is 0 Å². The van der Waals surface area contributed by atoms with E-state index in [-0.39, 0.29) is 17.9 Å². The predicted molar refractivity (Wildman–Crippen MR) is 102 cm³/mol. The molecule has 1 fully saturated rings. The Morgan fingerprint density at radius 2 is 2.26 bits per heavy atom. The van der Waals surface area contributed by atoms with Crippen LogP contribution < -0.4 is 5.32 Å². The lowest BCUT2D eigenvalue weighted by Crippen LogP contribution is -2.40. The maximum absolute atomic E-state index is 12.9. The van der Waals surface area contributed by atoms with Crippen molar-refractivity contribution in [1.82, 2.24) is 29.7 Å². The van der Waals surface area contributed by atoms with Gasteiger partial charge in [-0.05, 0) is 26.3 Å². The van der Waals surface area contributed by atoms with Crippen LogP contribution >= 0.6 is 0 Å². The third-order valence-corrected chi connectivity index (χ3v) is 5.70.